The van der Waals surface area contributed by atoms with Gasteiger partial charge in [-0.05, 0) is 44.4 Å². The lowest BCUT2D eigenvalue weighted by atomic mass is 9.94. The fourth-order valence-electron chi connectivity index (χ4n) is 3.39. The van der Waals surface area contributed by atoms with E-state index in [1.165, 1.54) is 32.5 Å². The molecule has 3 rings (SSSR count). The summed E-state index contributed by atoms with van der Waals surface area (Å²) in [5.74, 6) is 2.42. The van der Waals surface area contributed by atoms with Crippen molar-refractivity contribution in [1.29, 1.82) is 0 Å². The molecule has 110 valence electrons. The van der Waals surface area contributed by atoms with Crippen molar-refractivity contribution in [2.75, 3.05) is 38.7 Å². The summed E-state index contributed by atoms with van der Waals surface area (Å²) >= 11 is 0. The Balaban J connectivity index is 1.72. The molecule has 2 fully saturated rings. The summed E-state index contributed by atoms with van der Waals surface area (Å²) in [6.07, 6.45) is 2.56. The summed E-state index contributed by atoms with van der Waals surface area (Å²) in [7, 11) is 1.68. The van der Waals surface area contributed by atoms with E-state index < -0.39 is 0 Å². The molecule has 0 amide bonds. The zero-order valence-electron chi connectivity index (χ0n) is 12.4. The number of nitrogens with one attached hydrogen (secondary N) is 1. The predicted molar refractivity (Wildman–Crippen MR) is 80.7 cm³/mol. The van der Waals surface area contributed by atoms with Gasteiger partial charge in [0.05, 0.1) is 13.7 Å². The van der Waals surface area contributed by atoms with Crippen molar-refractivity contribution >= 4 is 5.69 Å². The largest absolute Gasteiger partial charge is 0.493 e. The number of anilines is 1. The second-order valence-corrected chi connectivity index (χ2v) is 5.69. The van der Waals surface area contributed by atoms with Crippen LogP contribution in [0.3, 0.4) is 0 Å². The van der Waals surface area contributed by atoms with Crippen molar-refractivity contribution in [2.45, 2.75) is 25.8 Å². The second kappa shape index (κ2) is 5.92. The molecule has 3 unspecified atom stereocenters. The molecule has 4 heteroatoms. The van der Waals surface area contributed by atoms with Gasteiger partial charge >= 0.3 is 0 Å². The molecule has 2 heterocycles. The van der Waals surface area contributed by atoms with Crippen LogP contribution in [0.15, 0.2) is 18.2 Å². The van der Waals surface area contributed by atoms with Crippen molar-refractivity contribution in [3.8, 4) is 11.5 Å². The summed E-state index contributed by atoms with van der Waals surface area (Å²) in [6, 6.07) is 6.72. The molecule has 2 saturated heterocycles. The molecule has 0 aromatic heterocycles. The van der Waals surface area contributed by atoms with Gasteiger partial charge in [-0.1, -0.05) is 0 Å². The molecule has 3 atom stereocenters. The van der Waals surface area contributed by atoms with Crippen LogP contribution in [-0.2, 0) is 0 Å². The minimum atomic E-state index is 0.594. The third-order valence-corrected chi connectivity index (χ3v) is 4.45. The first-order chi connectivity index (χ1) is 9.80. The Hall–Kier alpha value is -1.42. The number of rotatable bonds is 5. The van der Waals surface area contributed by atoms with Crippen LogP contribution in [0.25, 0.3) is 0 Å². The molecule has 1 aromatic carbocycles. The molecule has 0 spiro atoms. The lowest BCUT2D eigenvalue weighted by Gasteiger charge is -2.31. The normalized spacial score (nSPS) is 28.2. The van der Waals surface area contributed by atoms with Gasteiger partial charge in [-0.25, -0.2) is 0 Å². The topological polar surface area (TPSA) is 33.7 Å². The maximum absolute atomic E-state index is 5.65. The summed E-state index contributed by atoms with van der Waals surface area (Å²) in [5.41, 5.74) is 1.14. The van der Waals surface area contributed by atoms with Crippen molar-refractivity contribution in [3.05, 3.63) is 18.2 Å². The molecule has 4 nitrogen and oxygen atoms in total. The maximum atomic E-state index is 5.65. The van der Waals surface area contributed by atoms with Crippen LogP contribution in [0.2, 0.25) is 0 Å². The molecule has 2 bridgehead atoms. The fourth-order valence-corrected chi connectivity index (χ4v) is 3.39. The summed E-state index contributed by atoms with van der Waals surface area (Å²) in [5, 5.41) is 3.70. The molecule has 0 saturated carbocycles. The number of methoxy groups -OCH3 is 1. The fraction of sp³-hybridized carbons (Fsp3) is 0.625. The molecular weight excluding hydrogens is 252 g/mol. The van der Waals surface area contributed by atoms with Gasteiger partial charge < -0.3 is 19.7 Å². The first-order valence-corrected chi connectivity index (χ1v) is 7.60. The number of ether oxygens (including phenoxy) is 2. The highest BCUT2D eigenvalue weighted by Gasteiger charge is 2.34. The Morgan fingerprint density at radius 2 is 2.10 bits per heavy atom. The van der Waals surface area contributed by atoms with Crippen LogP contribution in [0.4, 0.5) is 5.69 Å². The summed E-state index contributed by atoms with van der Waals surface area (Å²) in [6.45, 7) is 6.40. The standard InChI is InChI=1S/C16H24N2O2/c1-3-20-16-10-13(4-5-15(16)19-2)17-14-7-9-18-8-6-12(14)11-18/h4-5,10,12,14,17H,3,6-9,11H2,1-2H3. The number of nitrogens with zero attached hydrogens (tertiary/aromatic N) is 1. The Morgan fingerprint density at radius 1 is 1.25 bits per heavy atom. The lowest BCUT2D eigenvalue weighted by Crippen LogP contribution is -2.39. The molecule has 2 aliphatic rings. The minimum absolute atomic E-state index is 0.594. The molecular formula is C16H24N2O2. The van der Waals surface area contributed by atoms with Gasteiger partial charge in [0.1, 0.15) is 0 Å². The number of benzene rings is 1. The molecule has 2 aliphatic heterocycles. The molecule has 0 radical (unpaired) electrons. The van der Waals surface area contributed by atoms with E-state index in [2.05, 4.69) is 22.3 Å². The SMILES string of the molecule is CCOc1cc(NC2CCN3CCC2C3)ccc1OC. The zero-order valence-corrected chi connectivity index (χ0v) is 12.4. The third-order valence-electron chi connectivity index (χ3n) is 4.45. The summed E-state index contributed by atoms with van der Waals surface area (Å²) < 4.78 is 11.0. The molecule has 1 N–H and O–H groups in total. The number of hydrogen-bond donors (Lipinski definition) is 1. The number of hydrogen-bond acceptors (Lipinski definition) is 4. The third kappa shape index (κ3) is 2.70. The minimum Gasteiger partial charge on any atom is -0.493 e. The van der Waals surface area contributed by atoms with E-state index in [0.29, 0.717) is 12.6 Å². The van der Waals surface area contributed by atoms with E-state index in [0.717, 1.165) is 23.1 Å². The van der Waals surface area contributed by atoms with Crippen LogP contribution < -0.4 is 14.8 Å². The quantitative estimate of drug-likeness (QED) is 0.896. The first-order valence-electron chi connectivity index (χ1n) is 7.60. The smallest absolute Gasteiger partial charge is 0.163 e. The van der Waals surface area contributed by atoms with Crippen LogP contribution in [0.1, 0.15) is 19.8 Å². The van der Waals surface area contributed by atoms with Gasteiger partial charge in [-0.15, -0.1) is 0 Å². The number of fused-ring (bicyclic) bond motifs is 2. The van der Waals surface area contributed by atoms with Crippen molar-refractivity contribution < 1.29 is 9.47 Å². The van der Waals surface area contributed by atoms with Crippen molar-refractivity contribution in [1.82, 2.24) is 4.90 Å². The van der Waals surface area contributed by atoms with Crippen LogP contribution in [0, 0.1) is 5.92 Å². The van der Waals surface area contributed by atoms with E-state index in [4.69, 9.17) is 9.47 Å². The van der Waals surface area contributed by atoms with Gasteiger partial charge in [0.25, 0.3) is 0 Å². The molecule has 20 heavy (non-hydrogen) atoms. The lowest BCUT2D eigenvalue weighted by molar-refractivity contribution is 0.255. The Bertz CT molecular complexity index is 464. The van der Waals surface area contributed by atoms with Gasteiger partial charge in [-0.2, -0.15) is 0 Å². The zero-order chi connectivity index (χ0) is 13.9. The van der Waals surface area contributed by atoms with Gasteiger partial charge in [0.15, 0.2) is 11.5 Å². The molecule has 1 aromatic rings. The highest BCUT2D eigenvalue weighted by molar-refractivity contribution is 5.55. The Morgan fingerprint density at radius 3 is 2.90 bits per heavy atom. The first kappa shape index (κ1) is 13.6. The van der Waals surface area contributed by atoms with Gasteiger partial charge in [0.2, 0.25) is 0 Å². The highest BCUT2D eigenvalue weighted by Crippen LogP contribution is 2.33. The second-order valence-electron chi connectivity index (χ2n) is 5.69. The predicted octanol–water partition coefficient (Wildman–Crippen LogP) is 2.60. The highest BCUT2D eigenvalue weighted by atomic mass is 16.5. The average Bonchev–Trinajstić information content (AvgIpc) is 2.86. The van der Waals surface area contributed by atoms with E-state index in [9.17, 15) is 0 Å². The Labute approximate surface area is 121 Å². The van der Waals surface area contributed by atoms with Crippen LogP contribution in [-0.4, -0.2) is 44.3 Å². The van der Waals surface area contributed by atoms with Crippen molar-refractivity contribution in [3.63, 3.8) is 0 Å². The van der Waals surface area contributed by atoms with Crippen molar-refractivity contribution in [2.24, 2.45) is 5.92 Å². The molecule has 0 aliphatic carbocycles. The van der Waals surface area contributed by atoms with E-state index in [1.54, 1.807) is 7.11 Å². The van der Waals surface area contributed by atoms with E-state index >= 15 is 0 Å². The van der Waals surface area contributed by atoms with Crippen LogP contribution in [0.5, 0.6) is 11.5 Å². The monoisotopic (exact) mass is 276 g/mol. The maximum Gasteiger partial charge on any atom is 0.163 e. The van der Waals surface area contributed by atoms with E-state index in [-0.39, 0.29) is 0 Å². The number of piperidine rings is 1. The van der Waals surface area contributed by atoms with Gasteiger partial charge in [-0.3, -0.25) is 0 Å². The van der Waals surface area contributed by atoms with Gasteiger partial charge in [0, 0.05) is 30.9 Å². The van der Waals surface area contributed by atoms with E-state index in [1.807, 2.05) is 13.0 Å². The Kier molecular flexibility index (Phi) is 4.01. The van der Waals surface area contributed by atoms with Crippen LogP contribution >= 0.6 is 0 Å². The average molecular weight is 276 g/mol. The summed E-state index contributed by atoms with van der Waals surface area (Å²) in [4.78, 5) is 2.57.